The average molecular weight is 159 g/mol. The number of hydrogen-bond acceptors (Lipinski definition) is 0. The van der Waals surface area contributed by atoms with Crippen molar-refractivity contribution in [1.29, 1.82) is 0 Å². The Kier molecular flexibility index (Phi) is 3.59. The van der Waals surface area contributed by atoms with Crippen LogP contribution in [0.2, 0.25) is 0 Å². The van der Waals surface area contributed by atoms with Crippen molar-refractivity contribution in [2.75, 3.05) is 0 Å². The maximum absolute atomic E-state index is 5.50. The minimum atomic E-state index is 1.14. The zero-order chi connectivity index (χ0) is 8.81. The average Bonchev–Trinajstić information content (AvgIpc) is 2.15. The van der Waals surface area contributed by atoms with Gasteiger partial charge in [0.15, 0.2) is 0 Å². The Morgan fingerprint density at radius 3 is 2.75 bits per heavy atom. The number of hydrogen-bond donors (Lipinski definition) is 0. The molecule has 0 N–H and O–H groups in total. The largest absolute Gasteiger partial charge is 0.0654 e. The molecule has 0 spiro atoms. The third-order valence-electron chi connectivity index (χ3n) is 2.03. The SMILES string of the molecule is [CH]=Cc1ccccc1CCCC. The first-order valence-corrected chi connectivity index (χ1v) is 4.51. The molecule has 0 atom stereocenters. The van der Waals surface area contributed by atoms with Gasteiger partial charge in [-0.2, -0.15) is 0 Å². The number of benzene rings is 1. The van der Waals surface area contributed by atoms with Crippen LogP contribution in [-0.2, 0) is 6.42 Å². The van der Waals surface area contributed by atoms with Gasteiger partial charge in [0.25, 0.3) is 0 Å². The summed E-state index contributed by atoms with van der Waals surface area (Å²) < 4.78 is 0. The van der Waals surface area contributed by atoms with Crippen molar-refractivity contribution in [1.82, 2.24) is 0 Å². The van der Waals surface area contributed by atoms with E-state index in [1.165, 1.54) is 24.0 Å². The van der Waals surface area contributed by atoms with Gasteiger partial charge in [0, 0.05) is 0 Å². The van der Waals surface area contributed by atoms with Crippen molar-refractivity contribution in [2.45, 2.75) is 26.2 Å². The van der Waals surface area contributed by atoms with Crippen molar-refractivity contribution in [3.05, 3.63) is 42.0 Å². The maximum atomic E-state index is 5.50. The summed E-state index contributed by atoms with van der Waals surface area (Å²) in [6.45, 7) is 7.70. The van der Waals surface area contributed by atoms with Crippen LogP contribution < -0.4 is 0 Å². The van der Waals surface area contributed by atoms with E-state index in [0.717, 1.165) is 6.42 Å². The van der Waals surface area contributed by atoms with Gasteiger partial charge in [0.2, 0.25) is 0 Å². The molecule has 1 radical (unpaired) electrons. The maximum Gasteiger partial charge on any atom is -0.0225 e. The smallest absolute Gasteiger partial charge is 0.0225 e. The Labute approximate surface area is 74.9 Å². The van der Waals surface area contributed by atoms with E-state index in [1.807, 2.05) is 6.07 Å². The van der Waals surface area contributed by atoms with Crippen molar-refractivity contribution in [3.8, 4) is 0 Å². The molecule has 0 aliphatic carbocycles. The van der Waals surface area contributed by atoms with E-state index in [1.54, 1.807) is 6.08 Å². The van der Waals surface area contributed by atoms with Crippen molar-refractivity contribution in [3.63, 3.8) is 0 Å². The molecule has 0 amide bonds. The fraction of sp³-hybridized carbons (Fsp3) is 0.333. The summed E-state index contributed by atoms with van der Waals surface area (Å²) in [6, 6.07) is 8.30. The van der Waals surface area contributed by atoms with E-state index in [4.69, 9.17) is 6.58 Å². The minimum Gasteiger partial charge on any atom is -0.0654 e. The Morgan fingerprint density at radius 1 is 1.33 bits per heavy atom. The second-order valence-corrected chi connectivity index (χ2v) is 2.97. The molecular formula is C12H15. The molecule has 0 heterocycles. The predicted octanol–water partition coefficient (Wildman–Crippen LogP) is 3.48. The molecule has 12 heavy (non-hydrogen) atoms. The molecule has 0 nitrogen and oxygen atoms in total. The van der Waals surface area contributed by atoms with Gasteiger partial charge in [0.1, 0.15) is 0 Å². The first-order valence-electron chi connectivity index (χ1n) is 4.51. The highest BCUT2D eigenvalue weighted by atomic mass is 14.0. The summed E-state index contributed by atoms with van der Waals surface area (Å²) >= 11 is 0. The highest BCUT2D eigenvalue weighted by molar-refractivity contribution is 5.50. The second-order valence-electron chi connectivity index (χ2n) is 2.97. The van der Waals surface area contributed by atoms with E-state index in [0.29, 0.717) is 0 Å². The van der Waals surface area contributed by atoms with Gasteiger partial charge in [-0.25, -0.2) is 0 Å². The third kappa shape index (κ3) is 2.23. The summed E-state index contributed by atoms with van der Waals surface area (Å²) in [5.74, 6) is 0. The Bertz CT molecular complexity index is 248. The molecule has 1 rings (SSSR count). The molecule has 0 saturated heterocycles. The van der Waals surface area contributed by atoms with E-state index in [-0.39, 0.29) is 0 Å². The summed E-state index contributed by atoms with van der Waals surface area (Å²) in [5, 5.41) is 0. The molecular weight excluding hydrogens is 144 g/mol. The summed E-state index contributed by atoms with van der Waals surface area (Å²) in [5.41, 5.74) is 2.54. The van der Waals surface area contributed by atoms with Gasteiger partial charge in [-0.15, -0.1) is 0 Å². The van der Waals surface area contributed by atoms with Crippen LogP contribution >= 0.6 is 0 Å². The van der Waals surface area contributed by atoms with Crippen LogP contribution in [0.4, 0.5) is 0 Å². The van der Waals surface area contributed by atoms with E-state index >= 15 is 0 Å². The highest BCUT2D eigenvalue weighted by Crippen LogP contribution is 2.12. The molecule has 1 aromatic carbocycles. The predicted molar refractivity (Wildman–Crippen MR) is 53.8 cm³/mol. The van der Waals surface area contributed by atoms with Crippen molar-refractivity contribution >= 4 is 6.08 Å². The molecule has 0 heteroatoms. The van der Waals surface area contributed by atoms with Crippen molar-refractivity contribution in [2.24, 2.45) is 0 Å². The fourth-order valence-corrected chi connectivity index (χ4v) is 1.29. The Balaban J connectivity index is 2.75. The van der Waals surface area contributed by atoms with Crippen LogP contribution in [0.1, 0.15) is 30.9 Å². The van der Waals surface area contributed by atoms with Crippen LogP contribution in [0.15, 0.2) is 24.3 Å². The number of unbranched alkanes of at least 4 members (excludes halogenated alkanes) is 1. The zero-order valence-electron chi connectivity index (χ0n) is 7.59. The molecule has 1 aromatic rings. The fourth-order valence-electron chi connectivity index (χ4n) is 1.29. The third-order valence-corrected chi connectivity index (χ3v) is 2.03. The van der Waals surface area contributed by atoms with Crippen LogP contribution in [0.25, 0.3) is 6.08 Å². The normalized spacial score (nSPS) is 9.75. The first-order chi connectivity index (χ1) is 5.88. The van der Waals surface area contributed by atoms with Crippen LogP contribution in [0.5, 0.6) is 0 Å². The topological polar surface area (TPSA) is 0 Å². The number of rotatable bonds is 4. The van der Waals surface area contributed by atoms with Crippen LogP contribution in [0.3, 0.4) is 0 Å². The molecule has 0 aliphatic rings. The molecule has 0 saturated carbocycles. The van der Waals surface area contributed by atoms with E-state index in [2.05, 4.69) is 25.1 Å². The summed E-state index contributed by atoms with van der Waals surface area (Å²) in [6.07, 6.45) is 5.30. The Hall–Kier alpha value is -1.04. The van der Waals surface area contributed by atoms with Gasteiger partial charge < -0.3 is 0 Å². The van der Waals surface area contributed by atoms with Gasteiger partial charge in [-0.1, -0.05) is 50.3 Å². The lowest BCUT2D eigenvalue weighted by atomic mass is 10.0. The Morgan fingerprint density at radius 2 is 2.08 bits per heavy atom. The van der Waals surface area contributed by atoms with Gasteiger partial charge in [-0.05, 0) is 24.0 Å². The summed E-state index contributed by atoms with van der Waals surface area (Å²) in [4.78, 5) is 0. The molecule has 0 fully saturated rings. The molecule has 63 valence electrons. The standard InChI is InChI=1S/C12H15/c1-3-5-8-12-10-7-6-9-11(12)4-2/h2,4,6-7,9-10H,3,5,8H2,1H3. The molecule has 0 aliphatic heterocycles. The molecule has 0 bridgehead atoms. The van der Waals surface area contributed by atoms with Crippen LogP contribution in [-0.4, -0.2) is 0 Å². The lowest BCUT2D eigenvalue weighted by Crippen LogP contribution is -1.87. The lowest BCUT2D eigenvalue weighted by molar-refractivity contribution is 0.794. The monoisotopic (exact) mass is 159 g/mol. The van der Waals surface area contributed by atoms with Crippen LogP contribution in [0, 0.1) is 6.58 Å². The highest BCUT2D eigenvalue weighted by Gasteiger charge is 1.95. The summed E-state index contributed by atoms with van der Waals surface area (Å²) in [7, 11) is 0. The van der Waals surface area contributed by atoms with E-state index < -0.39 is 0 Å². The first kappa shape index (κ1) is 9.05. The van der Waals surface area contributed by atoms with Gasteiger partial charge in [-0.3, -0.25) is 0 Å². The number of aryl methyl sites for hydroxylation is 1. The molecule has 0 unspecified atom stereocenters. The van der Waals surface area contributed by atoms with Gasteiger partial charge >= 0.3 is 0 Å². The van der Waals surface area contributed by atoms with Crippen molar-refractivity contribution < 1.29 is 0 Å². The quantitative estimate of drug-likeness (QED) is 0.631. The van der Waals surface area contributed by atoms with Gasteiger partial charge in [0.05, 0.1) is 0 Å². The minimum absolute atomic E-state index is 1.14. The zero-order valence-corrected chi connectivity index (χ0v) is 7.59. The van der Waals surface area contributed by atoms with E-state index in [9.17, 15) is 0 Å². The molecule has 0 aromatic heterocycles. The lowest BCUT2D eigenvalue weighted by Gasteiger charge is -2.03. The second kappa shape index (κ2) is 4.76.